The largest absolute Gasteiger partial charge is 0.271 e. The van der Waals surface area contributed by atoms with Gasteiger partial charge >= 0.3 is 0 Å². The van der Waals surface area contributed by atoms with Gasteiger partial charge in [-0.1, -0.05) is 19.4 Å². The van der Waals surface area contributed by atoms with E-state index in [1.807, 2.05) is 0 Å². The van der Waals surface area contributed by atoms with Gasteiger partial charge in [0.1, 0.15) is 0 Å². The smallest absolute Gasteiger partial charge is 0.267 e. The molecule has 1 amide bonds. The van der Waals surface area contributed by atoms with E-state index in [0.717, 1.165) is 19.3 Å². The predicted octanol–water partition coefficient (Wildman–Crippen LogP) is 2.50. The topological polar surface area (TPSA) is 84.6 Å². The fourth-order valence-electron chi connectivity index (χ4n) is 1.29. The number of benzene rings is 1. The van der Waals surface area contributed by atoms with E-state index in [4.69, 9.17) is 0 Å². The van der Waals surface area contributed by atoms with Gasteiger partial charge in [-0.15, -0.1) is 0 Å². The van der Waals surface area contributed by atoms with E-state index in [1.165, 1.54) is 24.3 Å². The minimum absolute atomic E-state index is 0.113. The third-order valence-corrected chi connectivity index (χ3v) is 2.26. The molecule has 0 spiro atoms. The molecule has 1 N–H and O–H groups in total. The normalized spacial score (nSPS) is 10.5. The Morgan fingerprint density at radius 3 is 3.00 bits per heavy atom. The van der Waals surface area contributed by atoms with Crippen molar-refractivity contribution in [1.82, 2.24) is 5.43 Å². The number of hydrazone groups is 1. The lowest BCUT2D eigenvalue weighted by molar-refractivity contribution is -0.384. The number of nitrogens with zero attached hydrogens (tertiary/aromatic N) is 2. The van der Waals surface area contributed by atoms with Crippen molar-refractivity contribution >= 4 is 17.8 Å². The van der Waals surface area contributed by atoms with Crippen molar-refractivity contribution in [3.8, 4) is 0 Å². The highest BCUT2D eigenvalue weighted by Gasteiger charge is 2.10. The van der Waals surface area contributed by atoms with Crippen molar-refractivity contribution < 1.29 is 9.72 Å². The molecule has 1 rings (SSSR count). The molecular formula is C12H15N3O3. The van der Waals surface area contributed by atoms with Gasteiger partial charge in [0.2, 0.25) is 0 Å². The number of amides is 1. The SMILES string of the molecule is CCCC/C=N/NC(=O)c1cccc([N+](=O)[O-])c1. The van der Waals surface area contributed by atoms with Crippen molar-refractivity contribution in [1.29, 1.82) is 0 Å². The lowest BCUT2D eigenvalue weighted by atomic mass is 10.2. The second-order valence-corrected chi connectivity index (χ2v) is 3.70. The summed E-state index contributed by atoms with van der Waals surface area (Å²) < 4.78 is 0. The van der Waals surface area contributed by atoms with Gasteiger partial charge < -0.3 is 0 Å². The Bertz CT molecular complexity index is 458. The molecule has 0 unspecified atom stereocenters. The summed E-state index contributed by atoms with van der Waals surface area (Å²) >= 11 is 0. The van der Waals surface area contributed by atoms with Crippen LogP contribution in [0.4, 0.5) is 5.69 Å². The maximum absolute atomic E-state index is 11.6. The minimum Gasteiger partial charge on any atom is -0.267 e. The standard InChI is InChI=1S/C12H15N3O3/c1-2-3-4-8-13-14-12(16)10-6-5-7-11(9-10)15(17)18/h5-9H,2-4H2,1H3,(H,14,16)/b13-8+. The Hall–Kier alpha value is -2.24. The van der Waals surface area contributed by atoms with Crippen LogP contribution in [0, 0.1) is 10.1 Å². The molecule has 0 bridgehead atoms. The third-order valence-electron chi connectivity index (χ3n) is 2.26. The number of hydrogen-bond acceptors (Lipinski definition) is 4. The number of carbonyl (C=O) groups excluding carboxylic acids is 1. The maximum Gasteiger partial charge on any atom is 0.271 e. The summed E-state index contributed by atoms with van der Waals surface area (Å²) in [6, 6.07) is 5.52. The molecular weight excluding hydrogens is 234 g/mol. The van der Waals surface area contributed by atoms with Gasteiger partial charge in [0, 0.05) is 23.9 Å². The van der Waals surface area contributed by atoms with Crippen LogP contribution in [0.3, 0.4) is 0 Å². The zero-order chi connectivity index (χ0) is 13.4. The van der Waals surface area contributed by atoms with Crippen molar-refractivity contribution in [2.45, 2.75) is 26.2 Å². The van der Waals surface area contributed by atoms with Crippen LogP contribution in [-0.2, 0) is 0 Å². The second-order valence-electron chi connectivity index (χ2n) is 3.70. The number of nitro benzene ring substituents is 1. The van der Waals surface area contributed by atoms with E-state index in [0.29, 0.717) is 0 Å². The molecule has 0 saturated heterocycles. The molecule has 1 aromatic rings. The van der Waals surface area contributed by atoms with Crippen molar-refractivity contribution in [2.75, 3.05) is 0 Å². The molecule has 0 atom stereocenters. The Morgan fingerprint density at radius 1 is 1.56 bits per heavy atom. The molecule has 0 saturated carbocycles. The first-order chi connectivity index (χ1) is 8.65. The zero-order valence-corrected chi connectivity index (χ0v) is 10.1. The van der Waals surface area contributed by atoms with Crippen LogP contribution in [0.15, 0.2) is 29.4 Å². The lowest BCUT2D eigenvalue weighted by Crippen LogP contribution is -2.17. The molecule has 18 heavy (non-hydrogen) atoms. The van der Waals surface area contributed by atoms with Crippen LogP contribution in [0.1, 0.15) is 36.5 Å². The van der Waals surface area contributed by atoms with Gasteiger partial charge in [0.05, 0.1) is 4.92 Å². The zero-order valence-electron chi connectivity index (χ0n) is 10.1. The van der Waals surface area contributed by atoms with Crippen LogP contribution in [0.5, 0.6) is 0 Å². The van der Waals surface area contributed by atoms with Gasteiger partial charge in [0.25, 0.3) is 11.6 Å². The molecule has 6 nitrogen and oxygen atoms in total. The van der Waals surface area contributed by atoms with E-state index in [9.17, 15) is 14.9 Å². The third kappa shape index (κ3) is 4.32. The fourth-order valence-corrected chi connectivity index (χ4v) is 1.29. The second kappa shape index (κ2) is 7.16. The van der Waals surface area contributed by atoms with Gasteiger partial charge in [-0.25, -0.2) is 5.43 Å². The highest BCUT2D eigenvalue weighted by molar-refractivity contribution is 5.94. The lowest BCUT2D eigenvalue weighted by Gasteiger charge is -1.99. The van der Waals surface area contributed by atoms with Crippen LogP contribution in [-0.4, -0.2) is 17.0 Å². The molecule has 0 heterocycles. The van der Waals surface area contributed by atoms with E-state index < -0.39 is 10.8 Å². The summed E-state index contributed by atoms with van der Waals surface area (Å²) in [6.07, 6.45) is 4.49. The predicted molar refractivity (Wildman–Crippen MR) is 68.6 cm³/mol. The van der Waals surface area contributed by atoms with Crippen LogP contribution in [0.2, 0.25) is 0 Å². The van der Waals surface area contributed by atoms with E-state index in [-0.39, 0.29) is 11.3 Å². The van der Waals surface area contributed by atoms with Crippen LogP contribution < -0.4 is 5.43 Å². The minimum atomic E-state index is -0.540. The monoisotopic (exact) mass is 249 g/mol. The van der Waals surface area contributed by atoms with E-state index in [1.54, 1.807) is 6.21 Å². The number of rotatable bonds is 6. The van der Waals surface area contributed by atoms with E-state index in [2.05, 4.69) is 17.5 Å². The van der Waals surface area contributed by atoms with Crippen LogP contribution in [0.25, 0.3) is 0 Å². The Morgan fingerprint density at radius 2 is 2.33 bits per heavy atom. The number of nitrogens with one attached hydrogen (secondary N) is 1. The average Bonchev–Trinajstić information content (AvgIpc) is 2.38. The quantitative estimate of drug-likeness (QED) is 0.364. The van der Waals surface area contributed by atoms with Crippen molar-refractivity contribution in [3.63, 3.8) is 0 Å². The number of nitro groups is 1. The van der Waals surface area contributed by atoms with E-state index >= 15 is 0 Å². The van der Waals surface area contributed by atoms with Crippen LogP contribution >= 0.6 is 0 Å². The Balaban J connectivity index is 2.59. The van der Waals surface area contributed by atoms with Crippen molar-refractivity contribution in [3.05, 3.63) is 39.9 Å². The molecule has 0 aliphatic carbocycles. The van der Waals surface area contributed by atoms with Crippen molar-refractivity contribution in [2.24, 2.45) is 5.10 Å². The van der Waals surface area contributed by atoms with Gasteiger partial charge in [-0.05, 0) is 18.9 Å². The van der Waals surface area contributed by atoms with Gasteiger partial charge in [0.15, 0.2) is 0 Å². The number of unbranched alkanes of at least 4 members (excludes halogenated alkanes) is 2. The first-order valence-electron chi connectivity index (χ1n) is 5.71. The summed E-state index contributed by atoms with van der Waals surface area (Å²) in [6.45, 7) is 2.07. The maximum atomic E-state index is 11.6. The summed E-state index contributed by atoms with van der Waals surface area (Å²) in [5, 5.41) is 14.3. The van der Waals surface area contributed by atoms with Gasteiger partial charge in [-0.2, -0.15) is 5.10 Å². The number of non-ortho nitro benzene ring substituents is 1. The first kappa shape index (κ1) is 13.8. The molecule has 96 valence electrons. The molecule has 1 aromatic carbocycles. The summed E-state index contributed by atoms with van der Waals surface area (Å²) in [5.74, 6) is -0.452. The summed E-state index contributed by atoms with van der Waals surface area (Å²) in [5.41, 5.74) is 2.44. The highest BCUT2D eigenvalue weighted by atomic mass is 16.6. The molecule has 0 fully saturated rings. The highest BCUT2D eigenvalue weighted by Crippen LogP contribution is 2.12. The average molecular weight is 249 g/mol. The number of carbonyl (C=O) groups is 1. The summed E-state index contributed by atoms with van der Waals surface area (Å²) in [4.78, 5) is 21.6. The fraction of sp³-hybridized carbons (Fsp3) is 0.333. The Kier molecular flexibility index (Phi) is 5.50. The summed E-state index contributed by atoms with van der Waals surface area (Å²) in [7, 11) is 0. The molecule has 0 aromatic heterocycles. The van der Waals surface area contributed by atoms with Gasteiger partial charge in [-0.3, -0.25) is 14.9 Å². The molecule has 0 aliphatic rings. The number of hydrogen-bond donors (Lipinski definition) is 1. The molecule has 6 heteroatoms. The molecule has 0 radical (unpaired) electrons. The first-order valence-corrected chi connectivity index (χ1v) is 5.71. The molecule has 0 aliphatic heterocycles. The Labute approximate surface area is 105 Å².